The maximum absolute atomic E-state index is 5.84. The maximum atomic E-state index is 5.84. The second-order valence-corrected chi connectivity index (χ2v) is 8.55. The summed E-state index contributed by atoms with van der Waals surface area (Å²) in [6.45, 7) is 4.92. The van der Waals surface area contributed by atoms with Gasteiger partial charge in [-0.2, -0.15) is 0 Å². The number of rotatable bonds is 2. The highest BCUT2D eigenvalue weighted by Crippen LogP contribution is 2.65. The average molecular weight is 316 g/mol. The Bertz CT molecular complexity index is 520. The Morgan fingerprint density at radius 3 is 2.00 bits per heavy atom. The molecule has 0 radical (unpaired) electrons. The molecular formula is C13H17O3PS2. The van der Waals surface area contributed by atoms with Crippen LogP contribution in [0.5, 0.6) is 0 Å². The van der Waals surface area contributed by atoms with Crippen LogP contribution in [0.15, 0.2) is 30.3 Å². The maximum Gasteiger partial charge on any atom is 0.382 e. The van der Waals surface area contributed by atoms with E-state index in [4.69, 9.17) is 37.6 Å². The van der Waals surface area contributed by atoms with E-state index in [1.54, 1.807) is 0 Å². The number of benzene rings is 1. The van der Waals surface area contributed by atoms with Crippen LogP contribution in [0.3, 0.4) is 0 Å². The molecule has 1 fully saturated rings. The predicted octanol–water partition coefficient (Wildman–Crippen LogP) is 4.21. The van der Waals surface area contributed by atoms with Crippen LogP contribution in [-0.4, -0.2) is 16.3 Å². The molecule has 1 aliphatic heterocycles. The van der Waals surface area contributed by atoms with E-state index in [9.17, 15) is 0 Å². The molecule has 6 heteroatoms. The lowest BCUT2D eigenvalue weighted by atomic mass is 9.90. The highest BCUT2D eigenvalue weighted by atomic mass is 32.5. The van der Waals surface area contributed by atoms with Gasteiger partial charge in [-0.1, -0.05) is 30.3 Å². The third kappa shape index (κ3) is 3.06. The Morgan fingerprint density at radius 2 is 1.53 bits per heavy atom. The molecule has 0 amide bonds. The highest BCUT2D eigenvalue weighted by molar-refractivity contribution is 8.08. The van der Waals surface area contributed by atoms with Crippen LogP contribution in [-0.2, 0) is 25.4 Å². The van der Waals surface area contributed by atoms with E-state index in [1.807, 2.05) is 58.0 Å². The summed E-state index contributed by atoms with van der Waals surface area (Å²) < 4.78 is 17.3. The fourth-order valence-electron chi connectivity index (χ4n) is 1.56. The molecule has 1 aromatic rings. The SMILES string of the molecule is CC1(C)OP(=S)(OC(=S)c2ccccc2)OC1(C)C. The molecule has 19 heavy (non-hydrogen) atoms. The number of hydrogen-bond acceptors (Lipinski definition) is 5. The summed E-state index contributed by atoms with van der Waals surface area (Å²) in [6, 6.07) is 9.44. The van der Waals surface area contributed by atoms with E-state index < -0.39 is 17.9 Å². The van der Waals surface area contributed by atoms with E-state index in [1.165, 1.54) is 0 Å². The largest absolute Gasteiger partial charge is 0.412 e. The van der Waals surface area contributed by atoms with Crippen molar-refractivity contribution in [1.29, 1.82) is 0 Å². The van der Waals surface area contributed by atoms with E-state index in [2.05, 4.69) is 0 Å². The van der Waals surface area contributed by atoms with Crippen LogP contribution >= 0.6 is 18.9 Å². The normalized spacial score (nSPS) is 22.9. The molecule has 3 nitrogen and oxygen atoms in total. The lowest BCUT2D eigenvalue weighted by Gasteiger charge is -2.29. The van der Waals surface area contributed by atoms with Crippen molar-refractivity contribution in [3.8, 4) is 0 Å². The molecule has 1 heterocycles. The van der Waals surface area contributed by atoms with E-state index in [0.717, 1.165) is 5.56 Å². The Hall–Kier alpha value is -0.320. The molecule has 0 aliphatic carbocycles. The summed E-state index contributed by atoms with van der Waals surface area (Å²) in [5.74, 6) is 0. The second-order valence-electron chi connectivity index (χ2n) is 5.40. The molecule has 104 valence electrons. The van der Waals surface area contributed by atoms with Crippen LogP contribution < -0.4 is 0 Å². The van der Waals surface area contributed by atoms with Gasteiger partial charge in [0, 0.05) is 17.4 Å². The van der Waals surface area contributed by atoms with Gasteiger partial charge in [-0.05, 0) is 39.9 Å². The van der Waals surface area contributed by atoms with Crippen LogP contribution in [0.25, 0.3) is 0 Å². The standard InChI is InChI=1S/C13H17O3PS2/c1-12(2)13(3,4)16-17(19,15-12)14-11(18)10-8-6-5-7-9-10/h5-9H,1-4H3. The fraction of sp³-hybridized carbons (Fsp3) is 0.462. The van der Waals surface area contributed by atoms with Crippen molar-refractivity contribution in [3.63, 3.8) is 0 Å². The molecule has 0 spiro atoms. The Labute approximate surface area is 124 Å². The highest BCUT2D eigenvalue weighted by Gasteiger charge is 2.54. The van der Waals surface area contributed by atoms with Crippen LogP contribution in [0, 0.1) is 0 Å². The summed E-state index contributed by atoms with van der Waals surface area (Å²) in [6.07, 6.45) is 0. The van der Waals surface area contributed by atoms with Gasteiger partial charge in [0.25, 0.3) is 0 Å². The van der Waals surface area contributed by atoms with Gasteiger partial charge < -0.3 is 4.52 Å². The first-order chi connectivity index (χ1) is 8.65. The first kappa shape index (κ1) is 15.1. The van der Waals surface area contributed by atoms with Crippen molar-refractivity contribution in [3.05, 3.63) is 35.9 Å². The number of thiocarbonyl (C=S) groups is 1. The molecule has 0 atom stereocenters. The fourth-order valence-corrected chi connectivity index (χ4v) is 5.45. The zero-order valence-electron chi connectivity index (χ0n) is 11.4. The first-order valence-electron chi connectivity index (χ1n) is 5.96. The summed E-state index contributed by atoms with van der Waals surface area (Å²) in [4.78, 5) is 0. The van der Waals surface area contributed by atoms with Crippen LogP contribution in [0.2, 0.25) is 0 Å². The minimum absolute atomic E-state index is 0.317. The van der Waals surface area contributed by atoms with Gasteiger partial charge >= 0.3 is 6.72 Å². The Kier molecular flexibility index (Phi) is 3.89. The van der Waals surface area contributed by atoms with Gasteiger partial charge in [0.15, 0.2) is 5.05 Å². The van der Waals surface area contributed by atoms with Crippen molar-refractivity contribution < 1.29 is 13.6 Å². The summed E-state index contributed by atoms with van der Waals surface area (Å²) in [7, 11) is 0. The van der Waals surface area contributed by atoms with Gasteiger partial charge in [-0.15, -0.1) is 0 Å². The van der Waals surface area contributed by atoms with Crippen molar-refractivity contribution in [2.45, 2.75) is 38.9 Å². The number of hydrogen-bond donors (Lipinski definition) is 0. The van der Waals surface area contributed by atoms with E-state index >= 15 is 0 Å². The third-order valence-corrected chi connectivity index (χ3v) is 6.21. The molecule has 0 bridgehead atoms. The van der Waals surface area contributed by atoms with E-state index in [-0.39, 0.29) is 0 Å². The summed E-state index contributed by atoms with van der Waals surface area (Å²) >= 11 is 10.7. The van der Waals surface area contributed by atoms with Crippen molar-refractivity contribution in [2.75, 3.05) is 0 Å². The lowest BCUT2D eigenvalue weighted by Crippen LogP contribution is -2.41. The molecule has 1 saturated heterocycles. The molecule has 1 aromatic carbocycles. The van der Waals surface area contributed by atoms with Crippen LogP contribution in [0.4, 0.5) is 0 Å². The monoisotopic (exact) mass is 316 g/mol. The van der Waals surface area contributed by atoms with Crippen LogP contribution in [0.1, 0.15) is 33.3 Å². The predicted molar refractivity (Wildman–Crippen MR) is 83.8 cm³/mol. The molecule has 0 N–H and O–H groups in total. The van der Waals surface area contributed by atoms with Crippen molar-refractivity contribution in [2.24, 2.45) is 0 Å². The minimum atomic E-state index is -2.84. The smallest absolute Gasteiger partial charge is 0.382 e. The zero-order chi connectivity index (χ0) is 14.3. The first-order valence-corrected chi connectivity index (χ1v) is 8.92. The molecular weight excluding hydrogens is 299 g/mol. The molecule has 1 aliphatic rings. The zero-order valence-corrected chi connectivity index (χ0v) is 13.9. The second kappa shape index (κ2) is 4.90. The van der Waals surface area contributed by atoms with Gasteiger partial charge in [0.1, 0.15) is 11.2 Å². The van der Waals surface area contributed by atoms with Gasteiger partial charge in [0.2, 0.25) is 0 Å². The lowest BCUT2D eigenvalue weighted by molar-refractivity contribution is 0.00578. The quantitative estimate of drug-likeness (QED) is 0.602. The Balaban J connectivity index is 2.17. The third-order valence-electron chi connectivity index (χ3n) is 3.33. The van der Waals surface area contributed by atoms with Gasteiger partial charge in [-0.25, -0.2) is 0 Å². The molecule has 2 rings (SSSR count). The Morgan fingerprint density at radius 1 is 1.05 bits per heavy atom. The minimum Gasteiger partial charge on any atom is -0.412 e. The molecule has 0 aromatic heterocycles. The van der Waals surface area contributed by atoms with E-state index in [0.29, 0.717) is 5.05 Å². The van der Waals surface area contributed by atoms with Gasteiger partial charge in [-0.3, -0.25) is 9.05 Å². The topological polar surface area (TPSA) is 27.7 Å². The van der Waals surface area contributed by atoms with Crippen molar-refractivity contribution >= 4 is 35.8 Å². The van der Waals surface area contributed by atoms with Gasteiger partial charge in [0.05, 0.1) is 0 Å². The van der Waals surface area contributed by atoms with Crippen molar-refractivity contribution in [1.82, 2.24) is 0 Å². The summed E-state index contributed by atoms with van der Waals surface area (Å²) in [5.41, 5.74) is -0.208. The average Bonchev–Trinajstić information content (AvgIpc) is 2.43. The summed E-state index contributed by atoms with van der Waals surface area (Å²) in [5, 5.41) is 0.317. The molecule has 0 unspecified atom stereocenters. The molecule has 0 saturated carbocycles.